The predicted octanol–water partition coefficient (Wildman–Crippen LogP) is 6.28. The van der Waals surface area contributed by atoms with Gasteiger partial charge in [-0.1, -0.05) is 62.4 Å². The van der Waals surface area contributed by atoms with Crippen molar-refractivity contribution in [1.29, 1.82) is 0 Å². The summed E-state index contributed by atoms with van der Waals surface area (Å²) in [6.07, 6.45) is 14.2. The molecule has 2 N–H and O–H groups in total. The van der Waals surface area contributed by atoms with E-state index in [4.69, 9.17) is 9.47 Å². The molecule has 0 heterocycles. The molecule has 0 aromatic heterocycles. The highest BCUT2D eigenvalue weighted by atomic mass is 32.2. The van der Waals surface area contributed by atoms with Gasteiger partial charge in [0.25, 0.3) is 5.91 Å². The molecule has 0 aliphatic heterocycles. The van der Waals surface area contributed by atoms with Crippen molar-refractivity contribution in [2.45, 2.75) is 70.0 Å². The monoisotopic (exact) mass is 564 g/mol. The third-order valence-electron chi connectivity index (χ3n) is 8.45. The number of ether oxygens (including phenoxy) is 2. The van der Waals surface area contributed by atoms with Gasteiger partial charge in [0.05, 0.1) is 20.5 Å². The second-order valence-corrected chi connectivity index (χ2v) is 12.2. The number of rotatable bonds is 13. The van der Waals surface area contributed by atoms with Crippen molar-refractivity contribution in [2.24, 2.45) is 11.8 Å². The van der Waals surface area contributed by atoms with Gasteiger partial charge < -0.3 is 20.1 Å². The number of amides is 1. The Labute approximate surface area is 243 Å². The quantitative estimate of drug-likeness (QED) is 0.220. The minimum atomic E-state index is -0.946. The van der Waals surface area contributed by atoms with Crippen LogP contribution in [0.5, 0.6) is 0 Å². The molecule has 0 saturated heterocycles. The first-order chi connectivity index (χ1) is 19.4. The number of thioether (sulfide) groups is 1. The van der Waals surface area contributed by atoms with Crippen molar-refractivity contribution >= 4 is 23.6 Å². The van der Waals surface area contributed by atoms with Gasteiger partial charge in [-0.15, -0.1) is 0 Å². The molecular formula is C33H44N2O4S. The lowest BCUT2D eigenvalue weighted by Crippen LogP contribution is -2.46. The average molecular weight is 565 g/mol. The van der Waals surface area contributed by atoms with E-state index in [0.717, 1.165) is 40.3 Å². The number of carbonyl (C=O) groups is 2. The summed E-state index contributed by atoms with van der Waals surface area (Å²) >= 11 is 1.67. The molecule has 0 bridgehead atoms. The fourth-order valence-electron chi connectivity index (χ4n) is 6.07. The second-order valence-electron chi connectivity index (χ2n) is 11.3. The average Bonchev–Trinajstić information content (AvgIpc) is 3.67. The van der Waals surface area contributed by atoms with Crippen molar-refractivity contribution in [3.63, 3.8) is 0 Å². The van der Waals surface area contributed by atoms with Gasteiger partial charge in [0, 0.05) is 24.1 Å². The van der Waals surface area contributed by atoms with Crippen LogP contribution in [0.4, 0.5) is 0 Å². The lowest BCUT2D eigenvalue weighted by Gasteiger charge is -2.26. The molecule has 40 heavy (non-hydrogen) atoms. The van der Waals surface area contributed by atoms with E-state index in [0.29, 0.717) is 18.5 Å². The maximum absolute atomic E-state index is 13.7. The maximum Gasteiger partial charge on any atom is 0.331 e. The minimum Gasteiger partial charge on any atom is -0.505 e. The van der Waals surface area contributed by atoms with E-state index in [9.17, 15) is 9.59 Å². The number of benzene rings is 2. The van der Waals surface area contributed by atoms with Crippen LogP contribution in [0.3, 0.4) is 0 Å². The molecule has 2 aromatic carbocycles. The largest absolute Gasteiger partial charge is 0.505 e. The molecule has 2 aliphatic carbocycles. The summed E-state index contributed by atoms with van der Waals surface area (Å²) in [4.78, 5) is 26.4. The van der Waals surface area contributed by atoms with Crippen molar-refractivity contribution in [3.8, 4) is 11.1 Å². The molecule has 2 aliphatic rings. The van der Waals surface area contributed by atoms with Crippen LogP contribution >= 0.6 is 11.8 Å². The molecule has 1 amide bonds. The number of esters is 1. The molecule has 6 nitrogen and oxygen atoms in total. The third-order valence-corrected chi connectivity index (χ3v) is 9.19. The fourth-order valence-corrected chi connectivity index (χ4v) is 6.87. The molecule has 4 rings (SSSR count). The lowest BCUT2D eigenvalue weighted by atomic mass is 9.84. The summed E-state index contributed by atoms with van der Waals surface area (Å²) in [6, 6.07) is 14.3. The molecule has 2 fully saturated rings. The van der Waals surface area contributed by atoms with Gasteiger partial charge in [-0.3, -0.25) is 4.79 Å². The van der Waals surface area contributed by atoms with Gasteiger partial charge in [0.1, 0.15) is 5.54 Å². The zero-order valence-corrected chi connectivity index (χ0v) is 25.1. The molecular weight excluding hydrogens is 520 g/mol. The molecule has 0 spiro atoms. The van der Waals surface area contributed by atoms with Gasteiger partial charge in [-0.2, -0.15) is 11.8 Å². The SMILES string of the molecule is CO/C=C/[C@H](CC1CCCCC1)NCc1ccc(C(=O)NC2(C(=O)OC)CC2CSC)c(-c2ccccc2C)c1. The highest BCUT2D eigenvalue weighted by molar-refractivity contribution is 7.98. The van der Waals surface area contributed by atoms with Crippen molar-refractivity contribution in [2.75, 3.05) is 26.2 Å². The van der Waals surface area contributed by atoms with Crippen LogP contribution in [0.15, 0.2) is 54.8 Å². The number of methoxy groups -OCH3 is 2. The Morgan fingerprint density at radius 2 is 1.88 bits per heavy atom. The summed E-state index contributed by atoms with van der Waals surface area (Å²) in [5.74, 6) is 0.993. The van der Waals surface area contributed by atoms with Crippen LogP contribution in [-0.2, 0) is 20.8 Å². The Bertz CT molecular complexity index is 1190. The maximum atomic E-state index is 13.7. The van der Waals surface area contributed by atoms with Crippen molar-refractivity contribution < 1.29 is 19.1 Å². The van der Waals surface area contributed by atoms with Gasteiger partial charge in [0.15, 0.2) is 0 Å². The van der Waals surface area contributed by atoms with E-state index in [2.05, 4.69) is 41.8 Å². The van der Waals surface area contributed by atoms with E-state index < -0.39 is 5.54 Å². The molecule has 2 unspecified atom stereocenters. The van der Waals surface area contributed by atoms with Gasteiger partial charge in [-0.05, 0) is 78.2 Å². The van der Waals surface area contributed by atoms with Crippen LogP contribution in [0, 0.1) is 18.8 Å². The standard InChI is InChI=1S/C33H44N2O4S/c1-23-10-8-9-13-28(23)30-19-25(21-34-27(16-17-38-2)18-24-11-6-5-7-12-24)14-15-29(30)31(36)35-33(32(37)39-3)20-26(33)22-40-4/h8-10,13-17,19,24,26-27,34H,5-7,11-12,18,20-22H2,1-4H3,(H,35,36)/b17-16+/t26?,27-,33?/m1/s1. The summed E-state index contributed by atoms with van der Waals surface area (Å²) in [5, 5.41) is 6.79. The zero-order chi connectivity index (χ0) is 28.5. The van der Waals surface area contributed by atoms with Gasteiger partial charge in [-0.25, -0.2) is 4.79 Å². The van der Waals surface area contributed by atoms with Crippen LogP contribution < -0.4 is 10.6 Å². The van der Waals surface area contributed by atoms with E-state index in [1.807, 2.05) is 30.5 Å². The Balaban J connectivity index is 1.57. The van der Waals surface area contributed by atoms with Crippen LogP contribution in [0.2, 0.25) is 0 Å². The third kappa shape index (κ3) is 7.29. The minimum absolute atomic E-state index is 0.0746. The predicted molar refractivity (Wildman–Crippen MR) is 163 cm³/mol. The smallest absolute Gasteiger partial charge is 0.331 e. The van der Waals surface area contributed by atoms with E-state index in [1.165, 1.54) is 39.2 Å². The fraction of sp³-hybridized carbons (Fsp3) is 0.515. The number of nitrogens with one attached hydrogen (secondary N) is 2. The van der Waals surface area contributed by atoms with E-state index in [1.54, 1.807) is 25.1 Å². The summed E-state index contributed by atoms with van der Waals surface area (Å²) < 4.78 is 10.3. The summed E-state index contributed by atoms with van der Waals surface area (Å²) in [6.45, 7) is 2.73. The number of hydrogen-bond donors (Lipinski definition) is 2. The summed E-state index contributed by atoms with van der Waals surface area (Å²) in [5.41, 5.74) is 3.69. The molecule has 216 valence electrons. The number of carbonyl (C=O) groups excluding carboxylic acids is 2. The second kappa shape index (κ2) is 14.2. The summed E-state index contributed by atoms with van der Waals surface area (Å²) in [7, 11) is 3.07. The zero-order valence-electron chi connectivity index (χ0n) is 24.3. The van der Waals surface area contributed by atoms with E-state index >= 15 is 0 Å². The molecule has 2 saturated carbocycles. The molecule has 2 aromatic rings. The molecule has 7 heteroatoms. The van der Waals surface area contributed by atoms with Crippen LogP contribution in [0.1, 0.15) is 66.4 Å². The van der Waals surface area contributed by atoms with Crippen LogP contribution in [-0.4, -0.2) is 49.7 Å². The topological polar surface area (TPSA) is 76.7 Å². The van der Waals surface area contributed by atoms with Gasteiger partial charge in [0.2, 0.25) is 0 Å². The number of hydrogen-bond acceptors (Lipinski definition) is 6. The van der Waals surface area contributed by atoms with E-state index in [-0.39, 0.29) is 23.8 Å². The van der Waals surface area contributed by atoms with Crippen molar-refractivity contribution in [1.82, 2.24) is 10.6 Å². The Hall–Kier alpha value is -2.77. The number of aryl methyl sites for hydroxylation is 1. The first kappa shape index (κ1) is 30.2. The first-order valence-electron chi connectivity index (χ1n) is 14.4. The highest BCUT2D eigenvalue weighted by Crippen LogP contribution is 2.46. The van der Waals surface area contributed by atoms with Crippen molar-refractivity contribution in [3.05, 3.63) is 71.5 Å². The van der Waals surface area contributed by atoms with Gasteiger partial charge >= 0.3 is 5.97 Å². The molecule has 0 radical (unpaired) electrons. The first-order valence-corrected chi connectivity index (χ1v) is 15.8. The Morgan fingerprint density at radius 1 is 1.10 bits per heavy atom. The van der Waals surface area contributed by atoms with Crippen LogP contribution in [0.25, 0.3) is 11.1 Å². The molecule has 3 atom stereocenters. The lowest BCUT2D eigenvalue weighted by molar-refractivity contribution is -0.144. The Morgan fingerprint density at radius 3 is 2.58 bits per heavy atom. The Kier molecular flexibility index (Phi) is 10.7. The highest BCUT2D eigenvalue weighted by Gasteiger charge is 2.62. The normalized spacial score (nSPS) is 21.6.